The summed E-state index contributed by atoms with van der Waals surface area (Å²) in [5, 5.41) is 1.40. The molecule has 11 heteroatoms. The van der Waals surface area contributed by atoms with E-state index in [0.29, 0.717) is 16.3 Å². The normalized spacial score (nSPS) is 11.6. The van der Waals surface area contributed by atoms with Gasteiger partial charge in [-0.1, -0.05) is 58.0 Å². The average molecular weight is 558 g/mol. The maximum atomic E-state index is 12.6. The minimum Gasteiger partial charge on any atom is -0.453 e. The van der Waals surface area contributed by atoms with Crippen LogP contribution in [0.15, 0.2) is 59.6 Å². The molecule has 0 amide bonds. The van der Waals surface area contributed by atoms with Crippen molar-refractivity contribution in [2.45, 2.75) is 18.7 Å². The van der Waals surface area contributed by atoms with Crippen LogP contribution in [0.4, 0.5) is 0 Å². The van der Waals surface area contributed by atoms with E-state index in [0.717, 1.165) is 16.5 Å². The average Bonchev–Trinajstić information content (AvgIpc) is 2.77. The number of ether oxygens (including phenoxy) is 1. The fraction of sp³-hybridized carbons (Fsp3) is 0.0870. The van der Waals surface area contributed by atoms with E-state index in [1.54, 1.807) is 13.1 Å². The van der Waals surface area contributed by atoms with Crippen molar-refractivity contribution < 1.29 is 18.0 Å². The lowest BCUT2D eigenvalue weighted by atomic mass is 10.1. The summed E-state index contributed by atoms with van der Waals surface area (Å²) >= 11 is 24.7. The van der Waals surface area contributed by atoms with E-state index in [9.17, 15) is 8.42 Å². The molecule has 176 valence electrons. The van der Waals surface area contributed by atoms with Gasteiger partial charge >= 0.3 is 0 Å². The zero-order valence-corrected chi connectivity index (χ0v) is 21.5. The van der Waals surface area contributed by atoms with Crippen molar-refractivity contribution in [3.63, 3.8) is 0 Å². The Balaban J connectivity index is 1.54. The first-order valence-corrected chi connectivity index (χ1v) is 12.7. The lowest BCUT2D eigenvalue weighted by Crippen LogP contribution is -2.27. The van der Waals surface area contributed by atoms with Crippen molar-refractivity contribution in [2.75, 3.05) is 0 Å². The number of aryl methyl sites for hydroxylation is 2. The second-order valence-corrected chi connectivity index (χ2v) is 10.6. The smallest absolute Gasteiger partial charge is 0.272 e. The summed E-state index contributed by atoms with van der Waals surface area (Å²) in [5.74, 6) is 0.646. The van der Waals surface area contributed by atoms with Gasteiger partial charge in [-0.05, 0) is 54.6 Å². The summed E-state index contributed by atoms with van der Waals surface area (Å²) in [6.07, 6.45) is 1.56. The maximum absolute atomic E-state index is 12.6. The van der Waals surface area contributed by atoms with Crippen molar-refractivity contribution in [3.8, 4) is 17.2 Å². The van der Waals surface area contributed by atoms with E-state index in [2.05, 4.69) is 4.98 Å². The molecule has 0 atom stereocenters. The van der Waals surface area contributed by atoms with E-state index >= 15 is 0 Å². The Morgan fingerprint density at radius 1 is 0.824 bits per heavy atom. The van der Waals surface area contributed by atoms with Gasteiger partial charge in [-0.3, -0.25) is 4.98 Å². The molecule has 4 rings (SSSR count). The van der Waals surface area contributed by atoms with Gasteiger partial charge in [0.25, 0.3) is 10.0 Å². The number of sulfonamides is 1. The fourth-order valence-corrected chi connectivity index (χ4v) is 5.26. The number of fused-ring (bicyclic) bond motifs is 1. The van der Waals surface area contributed by atoms with Crippen LogP contribution in [0, 0.1) is 13.8 Å². The van der Waals surface area contributed by atoms with Gasteiger partial charge in [-0.15, -0.1) is 0 Å². The molecule has 1 aromatic heterocycles. The number of pyridine rings is 1. The molecule has 0 fully saturated rings. The molecule has 4 aromatic rings. The predicted octanol–water partition coefficient (Wildman–Crippen LogP) is 7.53. The van der Waals surface area contributed by atoms with Gasteiger partial charge in [0.1, 0.15) is 10.6 Å². The van der Waals surface area contributed by atoms with Gasteiger partial charge in [-0.25, -0.2) is 8.42 Å². The first kappa shape index (κ1) is 24.9. The second kappa shape index (κ2) is 9.77. The van der Waals surface area contributed by atoms with Crippen molar-refractivity contribution >= 4 is 67.3 Å². The summed E-state index contributed by atoms with van der Waals surface area (Å²) in [4.78, 5) is 11.4. The summed E-state index contributed by atoms with van der Waals surface area (Å²) in [5.41, 5.74) is 2.45. The Labute approximate surface area is 216 Å². The molecule has 1 N–H and O–H groups in total. The summed E-state index contributed by atoms with van der Waals surface area (Å²) in [6, 6.07) is 13.1. The van der Waals surface area contributed by atoms with Crippen LogP contribution in [0.3, 0.4) is 0 Å². The topological polar surface area (TPSA) is 77.5 Å². The highest BCUT2D eigenvalue weighted by atomic mass is 35.5. The van der Waals surface area contributed by atoms with Gasteiger partial charge in [-0.2, -0.15) is 0 Å². The maximum Gasteiger partial charge on any atom is 0.272 e. The first-order valence-electron chi connectivity index (χ1n) is 9.71. The van der Waals surface area contributed by atoms with E-state index in [4.69, 9.17) is 56.0 Å². The van der Waals surface area contributed by atoms with Gasteiger partial charge in [0.15, 0.2) is 11.5 Å². The molecule has 0 bridgehead atoms. The zero-order valence-electron chi connectivity index (χ0n) is 17.7. The summed E-state index contributed by atoms with van der Waals surface area (Å²) < 4.78 is 31.1. The molecular formula is C23H16Cl4N2O4S. The fourth-order valence-electron chi connectivity index (χ4n) is 3.08. The SMILES string of the molecule is Cc1ccc2ncc(Oc3c(Cl)cc(ONS(=O)(=O)c4cc(C)c(Cl)cc4Cl)cc3Cl)cc2c1. The van der Waals surface area contributed by atoms with Gasteiger partial charge in [0.05, 0.1) is 26.8 Å². The standard InChI is InChI=1S/C23H16Cl4N2O4S/c1-12-3-4-21-14(5-12)7-16(11-28-21)32-23-19(26)8-15(9-20(23)27)33-29-34(30,31)22-6-13(2)17(24)10-18(22)25/h3-11,29H,1-2H3. The number of nitrogens with one attached hydrogen (secondary N) is 1. The van der Waals surface area contributed by atoms with Crippen LogP contribution in [0.2, 0.25) is 20.1 Å². The van der Waals surface area contributed by atoms with Gasteiger partial charge in [0, 0.05) is 22.5 Å². The molecule has 0 aliphatic heterocycles. The molecule has 6 nitrogen and oxygen atoms in total. The minimum absolute atomic E-state index is 0.0417. The van der Waals surface area contributed by atoms with Gasteiger partial charge < -0.3 is 9.57 Å². The quantitative estimate of drug-likeness (QED) is 0.248. The largest absolute Gasteiger partial charge is 0.453 e. The molecule has 0 unspecified atom stereocenters. The first-order chi connectivity index (χ1) is 16.0. The van der Waals surface area contributed by atoms with Crippen LogP contribution in [-0.2, 0) is 10.0 Å². The molecule has 34 heavy (non-hydrogen) atoms. The van der Waals surface area contributed by atoms with Crippen molar-refractivity contribution in [3.05, 3.63) is 85.9 Å². The highest BCUT2D eigenvalue weighted by Gasteiger charge is 2.21. The van der Waals surface area contributed by atoms with Crippen molar-refractivity contribution in [2.24, 2.45) is 0 Å². The molecule has 0 aliphatic carbocycles. The Morgan fingerprint density at radius 3 is 2.24 bits per heavy atom. The third kappa shape index (κ3) is 5.35. The predicted molar refractivity (Wildman–Crippen MR) is 135 cm³/mol. The van der Waals surface area contributed by atoms with Crippen LogP contribution < -0.4 is 14.5 Å². The third-order valence-electron chi connectivity index (χ3n) is 4.78. The number of hydrogen-bond donors (Lipinski definition) is 1. The Kier molecular flexibility index (Phi) is 7.14. The van der Waals surface area contributed by atoms with E-state index in [-0.39, 0.29) is 31.5 Å². The monoisotopic (exact) mass is 556 g/mol. The Bertz CT molecular complexity index is 1500. The molecule has 3 aromatic carbocycles. The van der Waals surface area contributed by atoms with E-state index in [1.165, 1.54) is 24.3 Å². The van der Waals surface area contributed by atoms with Gasteiger partial charge in [0.2, 0.25) is 0 Å². The van der Waals surface area contributed by atoms with E-state index < -0.39 is 10.0 Å². The van der Waals surface area contributed by atoms with Crippen molar-refractivity contribution in [1.29, 1.82) is 0 Å². The Hall–Kier alpha value is -2.26. The van der Waals surface area contributed by atoms with Crippen LogP contribution >= 0.6 is 46.4 Å². The van der Waals surface area contributed by atoms with E-state index in [1.807, 2.05) is 36.1 Å². The molecule has 0 saturated carbocycles. The molecule has 0 radical (unpaired) electrons. The number of hydrogen-bond acceptors (Lipinski definition) is 5. The molecule has 0 aliphatic rings. The van der Waals surface area contributed by atoms with Crippen LogP contribution in [-0.4, -0.2) is 13.4 Å². The number of rotatable bonds is 6. The summed E-state index contributed by atoms with van der Waals surface area (Å²) in [6.45, 7) is 3.64. The lowest BCUT2D eigenvalue weighted by molar-refractivity contribution is 0.269. The molecular weight excluding hydrogens is 542 g/mol. The van der Waals surface area contributed by atoms with Crippen LogP contribution in [0.1, 0.15) is 11.1 Å². The minimum atomic E-state index is -4.13. The number of nitrogens with zero attached hydrogens (tertiary/aromatic N) is 1. The summed E-state index contributed by atoms with van der Waals surface area (Å²) in [7, 11) is -4.13. The second-order valence-electron chi connectivity index (χ2n) is 7.41. The van der Waals surface area contributed by atoms with Crippen LogP contribution in [0.5, 0.6) is 17.2 Å². The number of benzene rings is 3. The number of halogens is 4. The highest BCUT2D eigenvalue weighted by molar-refractivity contribution is 7.89. The van der Waals surface area contributed by atoms with Crippen molar-refractivity contribution in [1.82, 2.24) is 9.87 Å². The zero-order chi connectivity index (χ0) is 24.6. The van der Waals surface area contributed by atoms with Crippen LogP contribution in [0.25, 0.3) is 10.9 Å². The molecule has 0 spiro atoms. The molecule has 0 saturated heterocycles. The Morgan fingerprint density at radius 2 is 1.53 bits per heavy atom. The molecule has 1 heterocycles. The lowest BCUT2D eigenvalue weighted by Gasteiger charge is -2.14. The highest BCUT2D eigenvalue weighted by Crippen LogP contribution is 2.40. The third-order valence-corrected chi connectivity index (χ3v) is 7.39. The number of aromatic nitrogens is 1.